The lowest BCUT2D eigenvalue weighted by Gasteiger charge is -2.47. The average Bonchev–Trinajstić information content (AvgIpc) is 3.83. The van der Waals surface area contributed by atoms with Gasteiger partial charge in [0, 0.05) is 56.4 Å². The summed E-state index contributed by atoms with van der Waals surface area (Å²) in [5.41, 5.74) is 4.38. The molecule has 0 bridgehead atoms. The zero-order valence-corrected chi connectivity index (χ0v) is 37.0. The highest BCUT2D eigenvalue weighted by Crippen LogP contribution is 2.41. The number of aromatic hydroxyl groups is 2. The zero-order valence-electron chi connectivity index (χ0n) is 37.0. The van der Waals surface area contributed by atoms with Crippen molar-refractivity contribution >= 4 is 23.2 Å². The van der Waals surface area contributed by atoms with Crippen molar-refractivity contribution in [3.8, 4) is 45.3 Å². The van der Waals surface area contributed by atoms with Gasteiger partial charge in [-0.15, -0.1) is 0 Å². The van der Waals surface area contributed by atoms with Crippen LogP contribution in [0.1, 0.15) is 85.1 Å². The summed E-state index contributed by atoms with van der Waals surface area (Å²) >= 11 is 0. The van der Waals surface area contributed by atoms with Gasteiger partial charge in [0.25, 0.3) is 0 Å². The van der Waals surface area contributed by atoms with E-state index in [0.717, 1.165) is 71.3 Å². The molecule has 4 aliphatic heterocycles. The molecule has 3 saturated heterocycles. The number of likely N-dealkylation sites (tertiary alicyclic amines) is 1. The highest BCUT2D eigenvalue weighted by molar-refractivity contribution is 5.91. The van der Waals surface area contributed by atoms with Gasteiger partial charge in [-0.2, -0.15) is 5.10 Å². The number of hydrogen-bond donors (Lipinski definition) is 3. The van der Waals surface area contributed by atoms with Crippen LogP contribution in [0, 0.1) is 23.5 Å². The number of hydrogen-bond acceptors (Lipinski definition) is 10. The lowest BCUT2D eigenvalue weighted by atomic mass is 9.84. The second-order valence-corrected chi connectivity index (χ2v) is 19.0. The maximum Gasteiger partial charge on any atom is 0.410 e. The number of nitrogens with zero attached hydrogens (tertiary/aromatic N) is 4. The number of phenols is 2. The minimum atomic E-state index is -0.689. The molecule has 0 saturated carbocycles. The summed E-state index contributed by atoms with van der Waals surface area (Å²) in [5, 5.41) is 27.9. The van der Waals surface area contributed by atoms with Gasteiger partial charge in [0.15, 0.2) is 29.4 Å². The number of aromatic nitrogens is 2. The Labute approximate surface area is 366 Å². The Kier molecular flexibility index (Phi) is 11.9. The molecule has 0 radical (unpaired) electrons. The van der Waals surface area contributed by atoms with E-state index in [4.69, 9.17) is 18.9 Å². The topological polar surface area (TPSA) is 140 Å². The normalized spacial score (nSPS) is 18.0. The molecule has 334 valence electrons. The third-order valence-electron chi connectivity index (χ3n) is 12.4. The quantitative estimate of drug-likeness (QED) is 0.132. The third-order valence-corrected chi connectivity index (χ3v) is 12.4. The first-order chi connectivity index (χ1) is 29.8. The number of fused-ring (bicyclic) bond motifs is 2. The molecule has 5 heterocycles. The van der Waals surface area contributed by atoms with Crippen LogP contribution in [0.25, 0.3) is 33.2 Å². The summed E-state index contributed by atoms with van der Waals surface area (Å²) in [6, 6.07) is 16.6. The van der Waals surface area contributed by atoms with Crippen LogP contribution in [-0.2, 0) is 16.0 Å². The smallest absolute Gasteiger partial charge is 0.410 e. The molecule has 0 aliphatic carbocycles. The molecule has 5 aromatic rings. The van der Waals surface area contributed by atoms with Crippen molar-refractivity contribution in [3.05, 3.63) is 89.6 Å². The number of phenolic OH excluding ortho intramolecular Hbond substituents is 2. The van der Waals surface area contributed by atoms with Crippen LogP contribution in [0.15, 0.2) is 71.9 Å². The summed E-state index contributed by atoms with van der Waals surface area (Å²) < 4.78 is 54.4. The number of carbonyl (C=O) groups is 1. The summed E-state index contributed by atoms with van der Waals surface area (Å²) in [6.07, 6.45) is 6.08. The number of amides is 1. The van der Waals surface area contributed by atoms with Crippen LogP contribution >= 0.6 is 0 Å². The fourth-order valence-corrected chi connectivity index (χ4v) is 8.24. The SMILES string of the molecule is CC(C)(C)OC(=O)N1CC(C(C)(C)Oc2cc(-c3ccc(O)c(F)c3)cc3c2cnn3C2CCCCO2)C1.CC(C)(Oc1cc(-c2ccc(O)c(F)c2)cc2c1C=NC2)C1CNC1. The highest BCUT2D eigenvalue weighted by atomic mass is 19.1. The molecule has 14 heteroatoms. The molecule has 0 spiro atoms. The van der Waals surface area contributed by atoms with E-state index < -0.39 is 28.6 Å². The van der Waals surface area contributed by atoms with Crippen molar-refractivity contribution in [1.29, 1.82) is 0 Å². The Morgan fingerprint density at radius 1 is 0.794 bits per heavy atom. The second-order valence-electron chi connectivity index (χ2n) is 19.0. The zero-order chi connectivity index (χ0) is 44.8. The van der Waals surface area contributed by atoms with Crippen molar-refractivity contribution < 1.29 is 42.7 Å². The van der Waals surface area contributed by atoms with Gasteiger partial charge < -0.3 is 39.4 Å². The van der Waals surface area contributed by atoms with Gasteiger partial charge in [0.2, 0.25) is 0 Å². The first-order valence-electron chi connectivity index (χ1n) is 21.7. The van der Waals surface area contributed by atoms with Crippen LogP contribution < -0.4 is 14.8 Å². The Morgan fingerprint density at radius 3 is 2.00 bits per heavy atom. The fourth-order valence-electron chi connectivity index (χ4n) is 8.24. The highest BCUT2D eigenvalue weighted by Gasteiger charge is 2.44. The van der Waals surface area contributed by atoms with Crippen LogP contribution in [-0.4, -0.2) is 86.8 Å². The van der Waals surface area contributed by atoms with E-state index in [9.17, 15) is 23.8 Å². The van der Waals surface area contributed by atoms with E-state index in [2.05, 4.69) is 29.3 Å². The van der Waals surface area contributed by atoms with Gasteiger partial charge in [0.1, 0.15) is 28.3 Å². The number of rotatable bonds is 9. The molecule has 4 aromatic carbocycles. The summed E-state index contributed by atoms with van der Waals surface area (Å²) in [4.78, 5) is 18.5. The summed E-state index contributed by atoms with van der Waals surface area (Å²) in [6.45, 7) is 18.0. The maximum absolute atomic E-state index is 14.3. The fraction of sp³-hybridized carbons (Fsp3) is 0.449. The standard InChI is InChI=1S/C29H36FN3O5.C20H21FN2O2/c1-28(2,3)38-27(35)32-16-20(17-32)29(4,5)37-25-14-19(18-9-10-24(34)22(30)12-18)13-23-21(25)15-31-33(23)26-8-6-7-11-36-26;1-20(2,15-9-23-10-15)25-19-7-13(5-14-8-22-11-16(14)19)12-3-4-18(24)17(21)6-12/h9-10,12-15,20,26,34H,6-8,11,16-17H2,1-5H3;3-7,11,15,23-24H,8-10H2,1-2H3. The van der Waals surface area contributed by atoms with Gasteiger partial charge in [-0.1, -0.05) is 12.1 Å². The van der Waals surface area contributed by atoms with E-state index in [1.54, 1.807) is 23.2 Å². The maximum atomic E-state index is 14.3. The first-order valence-corrected chi connectivity index (χ1v) is 21.7. The molecule has 1 atom stereocenters. The molecule has 3 fully saturated rings. The molecule has 1 aromatic heterocycles. The van der Waals surface area contributed by atoms with E-state index >= 15 is 0 Å². The number of aliphatic imine (C=N–C) groups is 1. The van der Waals surface area contributed by atoms with Gasteiger partial charge >= 0.3 is 6.09 Å². The van der Waals surface area contributed by atoms with Crippen LogP contribution in [0.5, 0.6) is 23.0 Å². The van der Waals surface area contributed by atoms with Gasteiger partial charge in [-0.3, -0.25) is 4.99 Å². The minimum absolute atomic E-state index is 0.0940. The molecule has 9 rings (SSSR count). The Morgan fingerprint density at radius 2 is 1.41 bits per heavy atom. The first kappa shape index (κ1) is 43.9. The van der Waals surface area contributed by atoms with Gasteiger partial charge in [-0.05, 0) is 144 Å². The van der Waals surface area contributed by atoms with E-state index in [1.165, 1.54) is 24.3 Å². The van der Waals surface area contributed by atoms with Crippen molar-refractivity contribution in [2.75, 3.05) is 32.8 Å². The molecule has 3 N–H and O–H groups in total. The molecule has 63 heavy (non-hydrogen) atoms. The summed E-state index contributed by atoms with van der Waals surface area (Å²) in [5.74, 6) is -0.111. The molecule has 1 amide bonds. The lowest BCUT2D eigenvalue weighted by molar-refractivity contribution is -0.0543. The van der Waals surface area contributed by atoms with Crippen LogP contribution in [0.4, 0.5) is 13.6 Å². The predicted molar refractivity (Wildman–Crippen MR) is 238 cm³/mol. The molecular weight excluding hydrogens is 809 g/mol. The third kappa shape index (κ3) is 9.47. The van der Waals surface area contributed by atoms with Crippen molar-refractivity contribution in [3.63, 3.8) is 0 Å². The largest absolute Gasteiger partial charge is 0.505 e. The number of halogens is 2. The molecule has 4 aliphatic rings. The number of carbonyl (C=O) groups excluding carboxylic acids is 1. The molecular formula is C49H57F2N5O7. The Bertz CT molecular complexity index is 2530. The van der Waals surface area contributed by atoms with Crippen molar-refractivity contribution in [2.45, 2.75) is 97.3 Å². The average molecular weight is 866 g/mol. The monoisotopic (exact) mass is 865 g/mol. The van der Waals surface area contributed by atoms with Crippen LogP contribution in [0.2, 0.25) is 0 Å². The number of benzene rings is 4. The molecule has 12 nitrogen and oxygen atoms in total. The predicted octanol–water partition coefficient (Wildman–Crippen LogP) is 9.78. The van der Waals surface area contributed by atoms with Crippen molar-refractivity contribution in [2.24, 2.45) is 16.8 Å². The van der Waals surface area contributed by atoms with Crippen molar-refractivity contribution in [1.82, 2.24) is 20.0 Å². The van der Waals surface area contributed by atoms with Gasteiger partial charge in [-0.25, -0.2) is 18.3 Å². The summed E-state index contributed by atoms with van der Waals surface area (Å²) in [7, 11) is 0. The van der Waals surface area contributed by atoms with E-state index in [1.807, 2.05) is 69.8 Å². The minimum Gasteiger partial charge on any atom is -0.505 e. The Hall–Kier alpha value is -5.73. The van der Waals surface area contributed by atoms with Gasteiger partial charge in [0.05, 0.1) is 23.6 Å². The van der Waals surface area contributed by atoms with Crippen LogP contribution in [0.3, 0.4) is 0 Å². The van der Waals surface area contributed by atoms with E-state index in [0.29, 0.717) is 49.0 Å². The number of nitrogens with one attached hydrogen (secondary N) is 1. The lowest BCUT2D eigenvalue weighted by Crippen LogP contribution is -2.60. The second kappa shape index (κ2) is 17.1. The number of ether oxygens (including phenoxy) is 4. The van der Waals surface area contributed by atoms with E-state index in [-0.39, 0.29) is 29.6 Å². The molecule has 1 unspecified atom stereocenters. The Balaban J connectivity index is 0.000000188.